The third-order valence-corrected chi connectivity index (χ3v) is 5.63. The predicted molar refractivity (Wildman–Crippen MR) is 122 cm³/mol. The monoisotopic (exact) mass is 527 g/mol. The second-order valence-electron chi connectivity index (χ2n) is 6.49. The molecule has 0 bridgehead atoms. The number of aromatic carboxylic acids is 1. The van der Waals surface area contributed by atoms with Crippen LogP contribution in [0.5, 0.6) is 11.5 Å². The Balaban J connectivity index is 1.73. The van der Waals surface area contributed by atoms with E-state index in [0.717, 1.165) is 5.56 Å². The summed E-state index contributed by atoms with van der Waals surface area (Å²) in [5.74, 6) is -0.504. The van der Waals surface area contributed by atoms with Gasteiger partial charge in [0.25, 0.3) is 0 Å². The molecule has 5 nitrogen and oxygen atoms in total. The van der Waals surface area contributed by atoms with Crippen LogP contribution in [0.3, 0.4) is 0 Å². The summed E-state index contributed by atoms with van der Waals surface area (Å²) in [6.45, 7) is 0.571. The standard InChI is InChI=1S/C22H17BrCl2FNO4/c1-30-20-7-12(10-27-15-4-5-16(22(28)29)19(25)9-15)6-17(23)21(20)31-11-13-2-3-14(26)8-18(13)24/h2-9,27H,10-11H2,1H3,(H,28,29). The predicted octanol–water partition coefficient (Wildman–Crippen LogP) is 6.79. The molecular weight excluding hydrogens is 512 g/mol. The van der Waals surface area contributed by atoms with Crippen molar-refractivity contribution < 1.29 is 23.8 Å². The van der Waals surface area contributed by atoms with Gasteiger partial charge in [-0.15, -0.1) is 0 Å². The number of benzene rings is 3. The van der Waals surface area contributed by atoms with E-state index in [4.69, 9.17) is 37.8 Å². The summed E-state index contributed by atoms with van der Waals surface area (Å²) in [5, 5.41) is 12.7. The van der Waals surface area contributed by atoms with Crippen molar-refractivity contribution >= 4 is 50.8 Å². The van der Waals surface area contributed by atoms with Crippen molar-refractivity contribution in [2.75, 3.05) is 12.4 Å². The Kier molecular flexibility index (Phi) is 7.64. The number of carboxylic acids is 1. The molecule has 0 atom stereocenters. The van der Waals surface area contributed by atoms with E-state index in [1.165, 1.54) is 25.3 Å². The van der Waals surface area contributed by atoms with E-state index in [-0.39, 0.29) is 22.2 Å². The number of nitrogens with one attached hydrogen (secondary N) is 1. The van der Waals surface area contributed by atoms with E-state index in [2.05, 4.69) is 21.2 Å². The fraction of sp³-hybridized carbons (Fsp3) is 0.136. The Bertz CT molecular complexity index is 1130. The Morgan fingerprint density at radius 1 is 1.13 bits per heavy atom. The number of carbonyl (C=O) groups is 1. The molecule has 0 saturated heterocycles. The van der Waals surface area contributed by atoms with Crippen LogP contribution in [0, 0.1) is 5.82 Å². The number of ether oxygens (including phenoxy) is 2. The zero-order valence-corrected chi connectivity index (χ0v) is 19.3. The molecule has 2 N–H and O–H groups in total. The fourth-order valence-corrected chi connectivity index (χ4v) is 3.89. The van der Waals surface area contributed by atoms with Crippen molar-refractivity contribution in [2.45, 2.75) is 13.2 Å². The van der Waals surface area contributed by atoms with Gasteiger partial charge in [0.1, 0.15) is 12.4 Å². The lowest BCUT2D eigenvalue weighted by molar-refractivity contribution is 0.0697. The molecule has 0 radical (unpaired) electrons. The molecule has 0 aliphatic rings. The molecule has 9 heteroatoms. The highest BCUT2D eigenvalue weighted by Gasteiger charge is 2.14. The van der Waals surface area contributed by atoms with Crippen molar-refractivity contribution in [2.24, 2.45) is 0 Å². The van der Waals surface area contributed by atoms with Gasteiger partial charge in [-0.25, -0.2) is 9.18 Å². The summed E-state index contributed by atoms with van der Waals surface area (Å²) in [6.07, 6.45) is 0. The Morgan fingerprint density at radius 3 is 2.55 bits per heavy atom. The average molecular weight is 529 g/mol. The molecule has 0 aromatic heterocycles. The molecule has 0 fully saturated rings. The van der Waals surface area contributed by atoms with Crippen LogP contribution in [0.15, 0.2) is 53.0 Å². The maximum atomic E-state index is 13.2. The number of anilines is 1. The van der Waals surface area contributed by atoms with E-state index in [1.807, 2.05) is 12.1 Å². The van der Waals surface area contributed by atoms with Gasteiger partial charge >= 0.3 is 5.97 Å². The van der Waals surface area contributed by atoms with Gasteiger partial charge in [-0.05, 0) is 64.0 Å². The molecule has 0 unspecified atom stereocenters. The zero-order chi connectivity index (χ0) is 22.5. The minimum absolute atomic E-state index is 0.0411. The van der Waals surface area contributed by atoms with Gasteiger partial charge in [0, 0.05) is 17.8 Å². The van der Waals surface area contributed by atoms with Crippen LogP contribution in [0.2, 0.25) is 10.0 Å². The topological polar surface area (TPSA) is 67.8 Å². The Morgan fingerprint density at radius 2 is 1.90 bits per heavy atom. The second-order valence-corrected chi connectivity index (χ2v) is 8.16. The number of hydrogen-bond donors (Lipinski definition) is 2. The second kappa shape index (κ2) is 10.2. The van der Waals surface area contributed by atoms with Gasteiger partial charge in [-0.2, -0.15) is 0 Å². The summed E-state index contributed by atoms with van der Waals surface area (Å²) in [5.41, 5.74) is 2.24. The van der Waals surface area contributed by atoms with E-state index in [1.54, 1.807) is 18.2 Å². The van der Waals surface area contributed by atoms with Crippen molar-refractivity contribution in [3.63, 3.8) is 0 Å². The maximum absolute atomic E-state index is 13.2. The van der Waals surface area contributed by atoms with Crippen LogP contribution < -0.4 is 14.8 Å². The van der Waals surface area contributed by atoms with Crippen LogP contribution in [0.1, 0.15) is 21.5 Å². The third-order valence-electron chi connectivity index (χ3n) is 4.37. The molecule has 162 valence electrons. The smallest absolute Gasteiger partial charge is 0.337 e. The first-order chi connectivity index (χ1) is 14.8. The minimum atomic E-state index is -1.08. The first-order valence-electron chi connectivity index (χ1n) is 8.98. The van der Waals surface area contributed by atoms with E-state index >= 15 is 0 Å². The summed E-state index contributed by atoms with van der Waals surface area (Å²) in [6, 6.07) is 12.4. The number of carboxylic acid groups (broad SMARTS) is 1. The molecule has 0 aliphatic carbocycles. The molecular formula is C22H17BrCl2FNO4. The number of methoxy groups -OCH3 is 1. The van der Waals surface area contributed by atoms with Gasteiger partial charge in [-0.3, -0.25) is 0 Å². The lowest BCUT2D eigenvalue weighted by Crippen LogP contribution is -2.04. The summed E-state index contributed by atoms with van der Waals surface area (Å²) in [4.78, 5) is 11.1. The quantitative estimate of drug-likeness (QED) is 0.337. The van der Waals surface area contributed by atoms with Crippen LogP contribution in [0.25, 0.3) is 0 Å². The number of hydrogen-bond acceptors (Lipinski definition) is 4. The molecule has 31 heavy (non-hydrogen) atoms. The molecule has 3 aromatic carbocycles. The Hall–Kier alpha value is -2.48. The highest BCUT2D eigenvalue weighted by atomic mass is 79.9. The first kappa shape index (κ1) is 23.2. The van der Waals surface area contributed by atoms with Crippen molar-refractivity contribution in [1.29, 1.82) is 0 Å². The lowest BCUT2D eigenvalue weighted by atomic mass is 10.1. The van der Waals surface area contributed by atoms with Gasteiger partial charge in [0.2, 0.25) is 0 Å². The number of rotatable bonds is 8. The highest BCUT2D eigenvalue weighted by molar-refractivity contribution is 9.10. The van der Waals surface area contributed by atoms with Gasteiger partial charge < -0.3 is 19.9 Å². The molecule has 3 aromatic rings. The van der Waals surface area contributed by atoms with E-state index < -0.39 is 11.8 Å². The molecule has 0 spiro atoms. The molecule has 3 rings (SSSR count). The van der Waals surface area contributed by atoms with Crippen LogP contribution in [-0.4, -0.2) is 18.2 Å². The first-order valence-corrected chi connectivity index (χ1v) is 10.5. The minimum Gasteiger partial charge on any atom is -0.493 e. The zero-order valence-electron chi connectivity index (χ0n) is 16.2. The van der Waals surface area contributed by atoms with Crippen LogP contribution >= 0.6 is 39.1 Å². The van der Waals surface area contributed by atoms with Crippen molar-refractivity contribution in [3.05, 3.63) is 85.6 Å². The van der Waals surface area contributed by atoms with Crippen LogP contribution in [0.4, 0.5) is 10.1 Å². The fourth-order valence-electron chi connectivity index (χ4n) is 2.81. The van der Waals surface area contributed by atoms with Crippen molar-refractivity contribution in [3.8, 4) is 11.5 Å². The molecule has 0 amide bonds. The number of halogens is 4. The van der Waals surface area contributed by atoms with Gasteiger partial charge in [0.05, 0.1) is 27.2 Å². The molecule has 0 heterocycles. The lowest BCUT2D eigenvalue weighted by Gasteiger charge is -2.16. The van der Waals surface area contributed by atoms with Gasteiger partial charge in [-0.1, -0.05) is 29.3 Å². The van der Waals surface area contributed by atoms with Crippen molar-refractivity contribution in [1.82, 2.24) is 0 Å². The normalized spacial score (nSPS) is 10.6. The summed E-state index contributed by atoms with van der Waals surface area (Å²) in [7, 11) is 1.53. The Labute approximate surface area is 196 Å². The highest BCUT2D eigenvalue weighted by Crippen LogP contribution is 2.38. The van der Waals surface area contributed by atoms with Crippen LogP contribution in [-0.2, 0) is 13.2 Å². The maximum Gasteiger partial charge on any atom is 0.337 e. The summed E-state index contributed by atoms with van der Waals surface area (Å²) >= 11 is 15.6. The third kappa shape index (κ3) is 5.81. The molecule has 0 saturated carbocycles. The van der Waals surface area contributed by atoms with E-state index in [0.29, 0.717) is 33.8 Å². The largest absolute Gasteiger partial charge is 0.493 e. The SMILES string of the molecule is COc1cc(CNc2ccc(C(=O)O)c(Cl)c2)cc(Br)c1OCc1ccc(F)cc1Cl. The van der Waals surface area contributed by atoms with E-state index in [9.17, 15) is 9.18 Å². The summed E-state index contributed by atoms with van der Waals surface area (Å²) < 4.78 is 25.2. The van der Waals surface area contributed by atoms with Gasteiger partial charge in [0.15, 0.2) is 11.5 Å². The average Bonchev–Trinajstić information content (AvgIpc) is 2.72. The molecule has 0 aliphatic heterocycles.